The van der Waals surface area contributed by atoms with Crippen molar-refractivity contribution in [3.63, 3.8) is 0 Å². The van der Waals surface area contributed by atoms with Gasteiger partial charge in [-0.15, -0.1) is 0 Å². The Morgan fingerprint density at radius 1 is 1.38 bits per heavy atom. The maximum atomic E-state index is 11.6. The molecule has 0 N–H and O–H groups in total. The number of fused-ring (bicyclic) bond motifs is 1. The van der Waals surface area contributed by atoms with E-state index in [-0.39, 0.29) is 0 Å². The predicted molar refractivity (Wildman–Crippen MR) is 49.6 cm³/mol. The topological polar surface area (TPSA) is 20.9 Å². The van der Waals surface area contributed by atoms with Crippen molar-refractivity contribution in [2.24, 2.45) is 7.05 Å². The van der Waals surface area contributed by atoms with Crippen molar-refractivity contribution in [2.45, 2.75) is 26.2 Å². The molecule has 0 saturated heterocycles. The molecule has 68 valence electrons. The van der Waals surface area contributed by atoms with Crippen LogP contribution in [0.4, 0.5) is 0 Å². The third kappa shape index (κ3) is 1.37. The average molecular weight is 176 g/mol. The Labute approximate surface area is 78.2 Å². The smallest absolute Gasteiger partial charge is 0.251 e. The summed E-state index contributed by atoms with van der Waals surface area (Å²) in [6, 6.07) is 2.13. The molecule has 0 bridgehead atoms. The minimum absolute atomic E-state index is 0.295. The number of Topliss-reactive ketones (excluding diaryl/α,β-unsaturated/α-hetero) is 1. The number of carbonyl (C=O) groups is 1. The lowest BCUT2D eigenvalue weighted by Gasteiger charge is -2.11. The number of ketones is 1. The fourth-order valence-corrected chi connectivity index (χ4v) is 2.10. The highest BCUT2D eigenvalue weighted by Gasteiger charge is 2.25. The zero-order valence-corrected chi connectivity index (χ0v) is 8.13. The third-order valence-corrected chi connectivity index (χ3v) is 2.57. The molecule has 0 spiro atoms. The molecule has 1 heterocycles. The largest absolute Gasteiger partial charge is 0.287 e. The van der Waals surface area contributed by atoms with Gasteiger partial charge in [-0.1, -0.05) is 0 Å². The van der Waals surface area contributed by atoms with Gasteiger partial charge in [-0.25, -0.2) is 0 Å². The molecule has 0 saturated carbocycles. The minimum Gasteiger partial charge on any atom is -0.287 e. The molecule has 13 heavy (non-hydrogen) atoms. The fourth-order valence-electron chi connectivity index (χ4n) is 2.10. The second-order valence-corrected chi connectivity index (χ2v) is 3.78. The Hall–Kier alpha value is -1.18. The maximum Gasteiger partial charge on any atom is 0.251 e. The lowest BCUT2D eigenvalue weighted by atomic mass is 9.94. The maximum absolute atomic E-state index is 11.6. The van der Waals surface area contributed by atoms with Crippen molar-refractivity contribution >= 4 is 5.78 Å². The van der Waals surface area contributed by atoms with Crippen molar-refractivity contribution in [1.29, 1.82) is 0 Å². The van der Waals surface area contributed by atoms with E-state index in [4.69, 9.17) is 0 Å². The Kier molecular flexibility index (Phi) is 1.91. The molecule has 1 aliphatic rings. The van der Waals surface area contributed by atoms with E-state index in [1.807, 2.05) is 17.8 Å². The van der Waals surface area contributed by atoms with E-state index in [0.29, 0.717) is 12.2 Å². The number of nitrogens with zero attached hydrogens (tertiary/aromatic N) is 1. The standard InChI is InChI=1S/C11H14NO/c1-8-6-9-4-3-5-10(13)11(9)12(2)7-8/h6-7H,3-5H2,1-2H3/q+1. The third-order valence-electron chi connectivity index (χ3n) is 2.57. The molecule has 1 aliphatic carbocycles. The van der Waals surface area contributed by atoms with Crippen LogP contribution in [0, 0.1) is 6.92 Å². The van der Waals surface area contributed by atoms with Crippen LogP contribution in [0.2, 0.25) is 0 Å². The molecule has 2 nitrogen and oxygen atoms in total. The van der Waals surface area contributed by atoms with E-state index in [0.717, 1.165) is 18.5 Å². The first-order valence-electron chi connectivity index (χ1n) is 4.71. The van der Waals surface area contributed by atoms with Crippen LogP contribution in [0.15, 0.2) is 12.3 Å². The molecule has 1 aromatic rings. The van der Waals surface area contributed by atoms with E-state index in [1.165, 1.54) is 11.1 Å². The summed E-state index contributed by atoms with van der Waals surface area (Å²) in [5.74, 6) is 0.295. The zero-order chi connectivity index (χ0) is 9.42. The monoisotopic (exact) mass is 176 g/mol. The van der Waals surface area contributed by atoms with Crippen molar-refractivity contribution in [3.8, 4) is 0 Å². The number of carbonyl (C=O) groups excluding carboxylic acids is 1. The summed E-state index contributed by atoms with van der Waals surface area (Å²) in [7, 11) is 1.95. The highest BCUT2D eigenvalue weighted by molar-refractivity contribution is 5.95. The summed E-state index contributed by atoms with van der Waals surface area (Å²) in [6.45, 7) is 2.07. The number of aromatic nitrogens is 1. The van der Waals surface area contributed by atoms with Gasteiger partial charge in [-0.2, -0.15) is 4.57 Å². The summed E-state index contributed by atoms with van der Waals surface area (Å²) in [4.78, 5) is 11.6. The van der Waals surface area contributed by atoms with Crippen LogP contribution < -0.4 is 4.57 Å². The quantitative estimate of drug-likeness (QED) is 0.546. The first-order valence-corrected chi connectivity index (χ1v) is 4.71. The lowest BCUT2D eigenvalue weighted by Crippen LogP contribution is -2.39. The highest BCUT2D eigenvalue weighted by Crippen LogP contribution is 2.18. The van der Waals surface area contributed by atoms with Gasteiger partial charge in [0.2, 0.25) is 5.78 Å². The molecule has 0 unspecified atom stereocenters. The molecule has 0 fully saturated rings. The summed E-state index contributed by atoms with van der Waals surface area (Å²) in [6.07, 6.45) is 4.79. The number of rotatable bonds is 0. The lowest BCUT2D eigenvalue weighted by molar-refractivity contribution is -0.674. The first-order chi connectivity index (χ1) is 6.18. The van der Waals surface area contributed by atoms with Gasteiger partial charge in [-0.3, -0.25) is 4.79 Å². The second kappa shape index (κ2) is 2.95. The Morgan fingerprint density at radius 2 is 2.15 bits per heavy atom. The van der Waals surface area contributed by atoms with E-state index in [2.05, 4.69) is 13.0 Å². The van der Waals surface area contributed by atoms with Crippen molar-refractivity contribution in [2.75, 3.05) is 0 Å². The van der Waals surface area contributed by atoms with Gasteiger partial charge in [0.25, 0.3) is 5.69 Å². The van der Waals surface area contributed by atoms with Gasteiger partial charge in [0.05, 0.1) is 0 Å². The van der Waals surface area contributed by atoms with Crippen LogP contribution >= 0.6 is 0 Å². The van der Waals surface area contributed by atoms with Gasteiger partial charge in [-0.05, 0) is 25.8 Å². The molecule has 0 radical (unpaired) electrons. The summed E-state index contributed by atoms with van der Waals surface area (Å²) < 4.78 is 1.96. The average Bonchev–Trinajstić information content (AvgIpc) is 2.02. The van der Waals surface area contributed by atoms with E-state index in [1.54, 1.807) is 0 Å². The number of hydrogen-bond acceptors (Lipinski definition) is 1. The van der Waals surface area contributed by atoms with Crippen LogP contribution in [0.3, 0.4) is 0 Å². The van der Waals surface area contributed by atoms with Crippen LogP contribution in [0.5, 0.6) is 0 Å². The van der Waals surface area contributed by atoms with Gasteiger partial charge in [0.1, 0.15) is 7.05 Å². The molecular weight excluding hydrogens is 162 g/mol. The number of hydrogen-bond donors (Lipinski definition) is 0. The van der Waals surface area contributed by atoms with Crippen LogP contribution in [-0.4, -0.2) is 5.78 Å². The molecule has 2 rings (SSSR count). The van der Waals surface area contributed by atoms with Crippen molar-refractivity contribution in [3.05, 3.63) is 29.1 Å². The molecule has 0 atom stereocenters. The van der Waals surface area contributed by atoms with E-state index in [9.17, 15) is 4.79 Å². The van der Waals surface area contributed by atoms with Crippen molar-refractivity contribution < 1.29 is 9.36 Å². The fraction of sp³-hybridized carbons (Fsp3) is 0.455. The number of aryl methyl sites for hydroxylation is 3. The molecule has 0 aromatic carbocycles. The van der Waals surface area contributed by atoms with Crippen LogP contribution in [-0.2, 0) is 13.5 Å². The Bertz CT molecular complexity index is 369. The molecule has 0 aliphatic heterocycles. The summed E-state index contributed by atoms with van der Waals surface area (Å²) in [5, 5.41) is 0. The van der Waals surface area contributed by atoms with E-state index >= 15 is 0 Å². The SMILES string of the molecule is Cc1cc2c([n+](C)c1)C(=O)CCC2. The molecule has 1 aromatic heterocycles. The van der Waals surface area contributed by atoms with Crippen LogP contribution in [0.1, 0.15) is 34.5 Å². The van der Waals surface area contributed by atoms with Crippen molar-refractivity contribution in [1.82, 2.24) is 0 Å². The van der Waals surface area contributed by atoms with Gasteiger partial charge < -0.3 is 0 Å². The molecule has 0 amide bonds. The highest BCUT2D eigenvalue weighted by atomic mass is 16.1. The van der Waals surface area contributed by atoms with E-state index < -0.39 is 0 Å². The molecular formula is C11H14NO+. The first kappa shape index (κ1) is 8.42. The number of pyridine rings is 1. The normalized spacial score (nSPS) is 15.7. The van der Waals surface area contributed by atoms with Crippen LogP contribution in [0.25, 0.3) is 0 Å². The Balaban J connectivity index is 2.63. The minimum atomic E-state index is 0.295. The second-order valence-electron chi connectivity index (χ2n) is 3.78. The van der Waals surface area contributed by atoms with Gasteiger partial charge in [0.15, 0.2) is 6.20 Å². The van der Waals surface area contributed by atoms with Gasteiger partial charge >= 0.3 is 0 Å². The predicted octanol–water partition coefficient (Wildman–Crippen LogP) is 1.34. The molecule has 2 heteroatoms. The summed E-state index contributed by atoms with van der Waals surface area (Å²) in [5.41, 5.74) is 3.37. The summed E-state index contributed by atoms with van der Waals surface area (Å²) >= 11 is 0. The van der Waals surface area contributed by atoms with Gasteiger partial charge in [0, 0.05) is 17.5 Å². The Morgan fingerprint density at radius 3 is 2.92 bits per heavy atom. The zero-order valence-electron chi connectivity index (χ0n) is 8.13.